The SMILES string of the molecule is Cc1nc(C2CCCN(c3cc(C(F)(F)F)nc(-c4ccccn4)n3)C2)n[nH]1. The van der Waals surface area contributed by atoms with Crippen LogP contribution in [-0.2, 0) is 6.18 Å². The molecule has 7 nitrogen and oxygen atoms in total. The highest BCUT2D eigenvalue weighted by Gasteiger charge is 2.35. The van der Waals surface area contributed by atoms with Gasteiger partial charge in [-0.05, 0) is 31.9 Å². The molecule has 1 aliphatic rings. The second-order valence-corrected chi connectivity index (χ2v) is 6.71. The molecule has 4 heterocycles. The molecule has 4 rings (SSSR count). The van der Waals surface area contributed by atoms with E-state index in [0.717, 1.165) is 18.9 Å². The Hall–Kier alpha value is -3.04. The van der Waals surface area contributed by atoms with Crippen LogP contribution in [-0.4, -0.2) is 43.2 Å². The van der Waals surface area contributed by atoms with Gasteiger partial charge in [-0.2, -0.15) is 18.3 Å². The molecule has 146 valence electrons. The molecule has 1 aliphatic heterocycles. The standard InChI is InChI=1S/C18H18F3N7/c1-11-23-16(27-26-11)12-5-4-8-28(10-12)15-9-14(18(19,20)21)24-17(25-15)13-6-2-3-7-22-13/h2-3,6-7,9,12H,4-5,8,10H2,1H3,(H,23,26,27). The summed E-state index contributed by atoms with van der Waals surface area (Å²) in [5.41, 5.74) is -0.679. The van der Waals surface area contributed by atoms with Crippen molar-refractivity contribution in [1.29, 1.82) is 0 Å². The van der Waals surface area contributed by atoms with Crippen molar-refractivity contribution in [2.45, 2.75) is 31.9 Å². The quantitative estimate of drug-likeness (QED) is 0.740. The molecule has 0 spiro atoms. The minimum Gasteiger partial charge on any atom is -0.356 e. The van der Waals surface area contributed by atoms with Crippen LogP contribution in [0, 0.1) is 6.92 Å². The van der Waals surface area contributed by atoms with Gasteiger partial charge >= 0.3 is 6.18 Å². The monoisotopic (exact) mass is 389 g/mol. The van der Waals surface area contributed by atoms with Gasteiger partial charge in [0.2, 0.25) is 0 Å². The Morgan fingerprint density at radius 1 is 1.18 bits per heavy atom. The number of halogens is 3. The Labute approximate surface area is 159 Å². The molecule has 3 aromatic rings. The Morgan fingerprint density at radius 2 is 2.04 bits per heavy atom. The molecule has 1 saturated heterocycles. The van der Waals surface area contributed by atoms with Crippen LogP contribution in [0.25, 0.3) is 11.5 Å². The molecule has 0 amide bonds. The van der Waals surface area contributed by atoms with E-state index >= 15 is 0 Å². The molecule has 1 unspecified atom stereocenters. The summed E-state index contributed by atoms with van der Waals surface area (Å²) in [4.78, 5) is 18.4. The van der Waals surface area contributed by atoms with Gasteiger partial charge in [0.1, 0.15) is 17.3 Å². The zero-order valence-electron chi connectivity index (χ0n) is 15.1. The second-order valence-electron chi connectivity index (χ2n) is 6.71. The summed E-state index contributed by atoms with van der Waals surface area (Å²) >= 11 is 0. The predicted octanol–water partition coefficient (Wildman–Crippen LogP) is 3.37. The van der Waals surface area contributed by atoms with E-state index < -0.39 is 11.9 Å². The molecular formula is C18H18F3N7. The van der Waals surface area contributed by atoms with Crippen LogP contribution < -0.4 is 4.90 Å². The van der Waals surface area contributed by atoms with Gasteiger partial charge in [-0.1, -0.05) is 6.07 Å². The fourth-order valence-electron chi connectivity index (χ4n) is 3.29. The Balaban J connectivity index is 1.69. The number of hydrogen-bond acceptors (Lipinski definition) is 6. The van der Waals surface area contributed by atoms with E-state index in [9.17, 15) is 13.2 Å². The average molecular weight is 389 g/mol. The molecule has 0 saturated carbocycles. The van der Waals surface area contributed by atoms with Crippen LogP contribution in [0.15, 0.2) is 30.5 Å². The van der Waals surface area contributed by atoms with Gasteiger partial charge in [0.15, 0.2) is 17.3 Å². The van der Waals surface area contributed by atoms with Gasteiger partial charge in [0.05, 0.1) is 0 Å². The number of pyridine rings is 1. The molecule has 3 aromatic heterocycles. The van der Waals surface area contributed by atoms with Gasteiger partial charge in [-0.25, -0.2) is 15.0 Å². The fourth-order valence-corrected chi connectivity index (χ4v) is 3.29. The van der Waals surface area contributed by atoms with Crippen molar-refractivity contribution < 1.29 is 13.2 Å². The highest BCUT2D eigenvalue weighted by molar-refractivity contribution is 5.54. The normalized spacial score (nSPS) is 17.7. The third kappa shape index (κ3) is 3.80. The lowest BCUT2D eigenvalue weighted by Crippen LogP contribution is -2.35. The van der Waals surface area contributed by atoms with Crippen LogP contribution in [0.3, 0.4) is 0 Å². The zero-order valence-corrected chi connectivity index (χ0v) is 15.1. The van der Waals surface area contributed by atoms with Crippen molar-refractivity contribution in [2.24, 2.45) is 0 Å². The minimum atomic E-state index is -4.57. The third-order valence-electron chi connectivity index (χ3n) is 4.62. The fraction of sp³-hybridized carbons (Fsp3) is 0.389. The number of H-pyrrole nitrogens is 1. The van der Waals surface area contributed by atoms with E-state index in [0.29, 0.717) is 30.4 Å². The van der Waals surface area contributed by atoms with Gasteiger partial charge in [-0.15, -0.1) is 0 Å². The number of anilines is 1. The van der Waals surface area contributed by atoms with Crippen LogP contribution >= 0.6 is 0 Å². The molecule has 0 aromatic carbocycles. The van der Waals surface area contributed by atoms with E-state index in [2.05, 4.69) is 30.1 Å². The van der Waals surface area contributed by atoms with E-state index in [4.69, 9.17) is 0 Å². The van der Waals surface area contributed by atoms with Crippen molar-refractivity contribution in [3.63, 3.8) is 0 Å². The Morgan fingerprint density at radius 3 is 2.71 bits per heavy atom. The number of aryl methyl sites for hydroxylation is 1. The Kier molecular flexibility index (Phi) is 4.70. The number of aromatic nitrogens is 6. The van der Waals surface area contributed by atoms with Gasteiger partial charge in [-0.3, -0.25) is 10.1 Å². The molecule has 0 bridgehead atoms. The highest BCUT2D eigenvalue weighted by atomic mass is 19.4. The second kappa shape index (κ2) is 7.17. The summed E-state index contributed by atoms with van der Waals surface area (Å²) in [6.45, 7) is 2.92. The van der Waals surface area contributed by atoms with Crippen LogP contribution in [0.2, 0.25) is 0 Å². The van der Waals surface area contributed by atoms with Crippen molar-refractivity contribution in [3.8, 4) is 11.5 Å². The lowest BCUT2D eigenvalue weighted by Gasteiger charge is -2.32. The first kappa shape index (κ1) is 18.3. The number of hydrogen-bond donors (Lipinski definition) is 1. The topological polar surface area (TPSA) is 83.5 Å². The summed E-state index contributed by atoms with van der Waals surface area (Å²) in [5, 5.41) is 7.02. The molecule has 0 radical (unpaired) electrons. The number of aromatic amines is 1. The number of nitrogens with one attached hydrogen (secondary N) is 1. The van der Waals surface area contributed by atoms with Gasteiger partial charge in [0, 0.05) is 31.3 Å². The maximum atomic E-state index is 13.4. The first-order valence-corrected chi connectivity index (χ1v) is 8.91. The summed E-state index contributed by atoms with van der Waals surface area (Å²) in [6, 6.07) is 5.97. The number of alkyl halides is 3. The molecule has 1 N–H and O–H groups in total. The predicted molar refractivity (Wildman–Crippen MR) is 95.6 cm³/mol. The first-order valence-electron chi connectivity index (χ1n) is 8.91. The summed E-state index contributed by atoms with van der Waals surface area (Å²) in [7, 11) is 0. The zero-order chi connectivity index (χ0) is 19.7. The average Bonchev–Trinajstić information content (AvgIpc) is 3.14. The van der Waals surface area contributed by atoms with Gasteiger partial charge < -0.3 is 4.90 Å². The summed E-state index contributed by atoms with van der Waals surface area (Å²) < 4.78 is 40.3. The van der Waals surface area contributed by atoms with Crippen LogP contribution in [0.1, 0.15) is 36.1 Å². The van der Waals surface area contributed by atoms with E-state index in [1.54, 1.807) is 18.2 Å². The van der Waals surface area contributed by atoms with E-state index in [-0.39, 0.29) is 17.6 Å². The largest absolute Gasteiger partial charge is 0.433 e. The smallest absolute Gasteiger partial charge is 0.356 e. The van der Waals surface area contributed by atoms with Gasteiger partial charge in [0.25, 0.3) is 0 Å². The summed E-state index contributed by atoms with van der Waals surface area (Å²) in [5.74, 6) is 1.62. The van der Waals surface area contributed by atoms with Crippen LogP contribution in [0.4, 0.5) is 19.0 Å². The molecule has 1 fully saturated rings. The number of nitrogens with zero attached hydrogens (tertiary/aromatic N) is 6. The summed E-state index contributed by atoms with van der Waals surface area (Å²) in [6.07, 6.45) is -1.39. The van der Waals surface area contributed by atoms with E-state index in [1.165, 1.54) is 6.20 Å². The molecule has 1 atom stereocenters. The molecule has 28 heavy (non-hydrogen) atoms. The molecular weight excluding hydrogens is 371 g/mol. The lowest BCUT2D eigenvalue weighted by atomic mass is 9.97. The van der Waals surface area contributed by atoms with Crippen LogP contribution in [0.5, 0.6) is 0 Å². The maximum Gasteiger partial charge on any atom is 0.433 e. The lowest BCUT2D eigenvalue weighted by molar-refractivity contribution is -0.141. The first-order chi connectivity index (χ1) is 13.4. The number of rotatable bonds is 3. The van der Waals surface area contributed by atoms with Crippen molar-refractivity contribution >= 4 is 5.82 Å². The van der Waals surface area contributed by atoms with Crippen molar-refractivity contribution in [2.75, 3.05) is 18.0 Å². The van der Waals surface area contributed by atoms with Crippen molar-refractivity contribution in [1.82, 2.24) is 30.1 Å². The third-order valence-corrected chi connectivity index (χ3v) is 4.62. The van der Waals surface area contributed by atoms with E-state index in [1.807, 2.05) is 11.8 Å². The maximum absolute atomic E-state index is 13.4. The van der Waals surface area contributed by atoms with Crippen molar-refractivity contribution in [3.05, 3.63) is 47.8 Å². The minimum absolute atomic E-state index is 0.0290. The molecule has 10 heteroatoms. The molecule has 0 aliphatic carbocycles. The number of piperidine rings is 1. The highest BCUT2D eigenvalue weighted by Crippen LogP contribution is 2.33. The Bertz CT molecular complexity index is 955.